The van der Waals surface area contributed by atoms with Crippen LogP contribution in [0.2, 0.25) is 15.1 Å². The molecule has 1 amide bonds. The number of fused-ring (bicyclic) bond motifs is 4. The largest absolute Gasteiger partial charge is 0.478 e. The molecule has 15 N–H and O–H groups in total. The molecule has 27 heteroatoms. The molecular formula is C89H87Cl3N14O6S4. The van der Waals surface area contributed by atoms with Gasteiger partial charge in [0.1, 0.15) is 0 Å². The number of nitrogens with zero attached hydrogens (tertiary/aromatic N) is 3. The van der Waals surface area contributed by atoms with Gasteiger partial charge in [-0.15, -0.1) is 0 Å². The maximum Gasteiger partial charge on any atom is 0.337 e. The quantitative estimate of drug-likeness (QED) is 0.0229. The molecule has 20 nitrogen and oxygen atoms in total. The first-order valence-corrected chi connectivity index (χ1v) is 41.3. The van der Waals surface area contributed by atoms with E-state index in [-0.39, 0.29) is 78.6 Å². The van der Waals surface area contributed by atoms with Gasteiger partial charge in [-0.2, -0.15) is 0 Å². The number of carboxylic acid groups (broad SMARTS) is 2. The van der Waals surface area contributed by atoms with Crippen molar-refractivity contribution in [3.05, 3.63) is 354 Å². The Hall–Kier alpha value is -10.9. The van der Waals surface area contributed by atoms with E-state index >= 15 is 0 Å². The Labute approximate surface area is 709 Å². The number of pyridine rings is 3. The van der Waals surface area contributed by atoms with Crippen molar-refractivity contribution < 1.29 is 29.4 Å². The van der Waals surface area contributed by atoms with E-state index in [9.17, 15) is 19.2 Å². The van der Waals surface area contributed by atoms with Crippen LogP contribution in [-0.2, 0) is 30.5 Å². The lowest BCUT2D eigenvalue weighted by Crippen LogP contribution is -2.43. The average molecular weight is 1680 g/mol. The van der Waals surface area contributed by atoms with E-state index in [4.69, 9.17) is 93.2 Å². The minimum absolute atomic E-state index is 0.000106. The molecule has 11 aromatic rings. The van der Waals surface area contributed by atoms with Crippen molar-refractivity contribution in [2.75, 3.05) is 22.0 Å². The SMILES string of the molecule is NC1c2ccccc2CCC1c1ccccc1.NNc1ncc(C(=O)O)cc1Cl.O=C(NC1CCSC1=O)c1cnc(NNC(=S)NC2c3ccccc3CCC2c2ccccc2)c(Cl)c1.O=C(O)c1cnc(NNC(=S)NC2c3ccccc3CCC2c2ccccc2)c(Cl)c1.S=CNC1c2ccccc2CCC1c1ccccc1. The molecule has 4 aliphatic carbocycles. The highest BCUT2D eigenvalue weighted by Crippen LogP contribution is 2.45. The van der Waals surface area contributed by atoms with E-state index in [1.54, 1.807) is 5.49 Å². The number of aromatic nitrogens is 3. The number of hydrogen-bond acceptors (Lipinski definition) is 16. The normalized spacial score (nSPS) is 19.1. The minimum Gasteiger partial charge on any atom is -0.478 e. The molecule has 5 aliphatic rings. The van der Waals surface area contributed by atoms with Crippen molar-refractivity contribution in [2.24, 2.45) is 11.6 Å². The second-order valence-corrected chi connectivity index (χ2v) is 31.5. The average Bonchev–Trinajstić information content (AvgIpc) is 1.03. The molecule has 9 unspecified atom stereocenters. The van der Waals surface area contributed by atoms with Gasteiger partial charge in [0.2, 0.25) is 5.12 Å². The fourth-order valence-electron chi connectivity index (χ4n) is 15.4. The highest BCUT2D eigenvalue weighted by Gasteiger charge is 2.35. The molecule has 116 heavy (non-hydrogen) atoms. The molecule has 1 aliphatic heterocycles. The van der Waals surface area contributed by atoms with Gasteiger partial charge >= 0.3 is 11.9 Å². The summed E-state index contributed by atoms with van der Waals surface area (Å²) < 4.78 is 0. The molecule has 0 bridgehead atoms. The lowest BCUT2D eigenvalue weighted by molar-refractivity contribution is -0.112. The standard InChI is InChI=1S/C27H26ClN5O2S2.C23H21ClN4O2S.C17H17NS.C16H17N.C6H6ClN3O2/c28-21-14-18(25(34)30-22-12-13-37-26(22)35)15-29-24(21)32-33-27(36)31-23-19-9-5-4-8-17(19)10-11-20(23)16-6-2-1-3-7-16;24-19-12-16(22(29)30)13-25-21(19)27-28-23(31)26-20-17-9-5-4-8-15(17)10-11-18(20)14-6-2-1-3-7-14;19-12-18-17-15-9-5-4-8-14(15)10-11-16(17)13-6-2-1-3-7-13;17-16-14-9-5-4-8-13(14)10-11-15(16)12-6-2-1-3-7-12;7-4-1-3(6(11)12)2-9-5(4)10-8/h1-9,14-15,20,22-23H,10-13H2,(H,29,32)(H,30,34)(H2,31,33,36);1-9,12-13,18,20H,10-11H2,(H,25,27)(H,29,30)(H2,26,28,31);1-9,12,16-17H,10-11H2,(H,18,19);1-9,15-16H,10-11,17H2;1-2H,8H2,(H,9,10)(H,11,12). The highest BCUT2D eigenvalue weighted by molar-refractivity contribution is 8.14. The summed E-state index contributed by atoms with van der Waals surface area (Å²) in [4.78, 5) is 57.7. The molecule has 594 valence electrons. The van der Waals surface area contributed by atoms with Crippen molar-refractivity contribution in [3.8, 4) is 0 Å². The fourth-order valence-corrected chi connectivity index (χ4v) is 17.5. The van der Waals surface area contributed by atoms with E-state index in [1.807, 2.05) is 18.2 Å². The molecule has 16 rings (SSSR count). The number of nitrogen functional groups attached to an aromatic ring is 1. The van der Waals surface area contributed by atoms with Gasteiger partial charge in [0.05, 0.1) is 61.4 Å². The Kier molecular flexibility index (Phi) is 30.3. The fraction of sp³-hybridized carbons (Fsp3) is 0.213. The number of aryl methyl sites for hydroxylation is 4. The Morgan fingerprint density at radius 2 is 0.776 bits per heavy atom. The third-order valence-corrected chi connectivity index (χ3v) is 23.6. The number of benzene rings is 8. The predicted molar refractivity (Wildman–Crippen MR) is 476 cm³/mol. The number of nitrogens with two attached hydrogens (primary N) is 2. The van der Waals surface area contributed by atoms with E-state index in [2.05, 4.69) is 264 Å². The molecule has 1 saturated heterocycles. The highest BCUT2D eigenvalue weighted by atomic mass is 35.5. The lowest BCUT2D eigenvalue weighted by atomic mass is 9.76. The minimum atomic E-state index is -1.09. The predicted octanol–water partition coefficient (Wildman–Crippen LogP) is 17.6. The Morgan fingerprint density at radius 1 is 0.440 bits per heavy atom. The summed E-state index contributed by atoms with van der Waals surface area (Å²) in [6.07, 6.45) is 13.1. The van der Waals surface area contributed by atoms with E-state index in [0.717, 1.165) is 44.9 Å². The van der Waals surface area contributed by atoms with E-state index < -0.39 is 18.0 Å². The topological polar surface area (TPSA) is 308 Å². The lowest BCUT2D eigenvalue weighted by Gasteiger charge is -2.35. The molecule has 8 aromatic carbocycles. The molecule has 0 spiro atoms. The van der Waals surface area contributed by atoms with Crippen LogP contribution >= 0.6 is 83.2 Å². The van der Waals surface area contributed by atoms with Gasteiger partial charge in [-0.05, 0) is 167 Å². The summed E-state index contributed by atoms with van der Waals surface area (Å²) in [5.74, 6) is 5.57. The van der Waals surface area contributed by atoms with Gasteiger partial charge < -0.3 is 42.6 Å². The van der Waals surface area contributed by atoms with Crippen LogP contribution in [0.1, 0.15) is 178 Å². The van der Waals surface area contributed by atoms with Crippen LogP contribution in [-0.4, -0.2) is 75.6 Å². The first-order chi connectivity index (χ1) is 56.4. The van der Waals surface area contributed by atoms with Crippen LogP contribution in [0.4, 0.5) is 17.5 Å². The summed E-state index contributed by atoms with van der Waals surface area (Å²) in [5, 5.41) is 32.0. The van der Waals surface area contributed by atoms with Gasteiger partial charge in [-0.3, -0.25) is 31.3 Å². The van der Waals surface area contributed by atoms with Crippen LogP contribution < -0.4 is 60.0 Å². The number of thiocarbonyl (C=S) groups is 3. The van der Waals surface area contributed by atoms with Gasteiger partial charge in [0, 0.05) is 54.1 Å². The second-order valence-electron chi connectivity index (χ2n) is 28.1. The van der Waals surface area contributed by atoms with Crippen LogP contribution in [0.25, 0.3) is 0 Å². The summed E-state index contributed by atoms with van der Waals surface area (Å²) in [5.41, 5.74) is 38.3. The monoisotopic (exact) mass is 1680 g/mol. The van der Waals surface area contributed by atoms with Crippen molar-refractivity contribution in [1.29, 1.82) is 0 Å². The molecule has 9 atom stereocenters. The molecule has 0 saturated carbocycles. The molecule has 0 radical (unpaired) electrons. The van der Waals surface area contributed by atoms with Gasteiger partial charge in [-0.25, -0.2) is 30.4 Å². The number of nitrogens with one attached hydrogen (secondary N) is 9. The van der Waals surface area contributed by atoms with E-state index in [0.29, 0.717) is 51.9 Å². The number of carboxylic acids is 2. The van der Waals surface area contributed by atoms with Crippen molar-refractivity contribution in [2.45, 2.75) is 112 Å². The van der Waals surface area contributed by atoms with E-state index in [1.165, 1.54) is 122 Å². The number of carbonyl (C=O) groups is 4. The van der Waals surface area contributed by atoms with Crippen molar-refractivity contribution in [3.63, 3.8) is 0 Å². The number of aromatic carboxylic acids is 2. The molecule has 3 aromatic heterocycles. The van der Waals surface area contributed by atoms with Crippen LogP contribution in [0, 0.1) is 0 Å². The molecule has 4 heterocycles. The first kappa shape index (κ1) is 84.5. The zero-order valence-electron chi connectivity index (χ0n) is 62.9. The van der Waals surface area contributed by atoms with Crippen molar-refractivity contribution in [1.82, 2.24) is 47.1 Å². The maximum atomic E-state index is 12.5. The number of hydrazine groups is 3. The third kappa shape index (κ3) is 22.0. The van der Waals surface area contributed by atoms with Crippen LogP contribution in [0.5, 0.6) is 0 Å². The number of amides is 1. The number of thioether (sulfide) groups is 1. The number of halogens is 3. The Morgan fingerprint density at radius 3 is 1.16 bits per heavy atom. The summed E-state index contributed by atoms with van der Waals surface area (Å²) in [7, 11) is 0. The number of rotatable bonds is 17. The summed E-state index contributed by atoms with van der Waals surface area (Å²) >= 11 is 35.5. The number of hydrogen-bond donors (Lipinski definition) is 13. The smallest absolute Gasteiger partial charge is 0.337 e. The van der Waals surface area contributed by atoms with Crippen LogP contribution in [0.15, 0.2) is 255 Å². The maximum absolute atomic E-state index is 12.5. The second kappa shape index (κ2) is 41.6. The van der Waals surface area contributed by atoms with Crippen LogP contribution in [0.3, 0.4) is 0 Å². The Balaban J connectivity index is 0.000000141. The zero-order chi connectivity index (χ0) is 81.5. The first-order valence-electron chi connectivity index (χ1n) is 37.9. The van der Waals surface area contributed by atoms with Gasteiger partial charge in [-0.1, -0.05) is 277 Å². The molecular weight excluding hydrogens is 1600 g/mol. The Bertz CT molecular complexity index is 5250. The third-order valence-electron chi connectivity index (χ3n) is 21.1. The summed E-state index contributed by atoms with van der Waals surface area (Å²) in [6.45, 7) is 0. The zero-order valence-corrected chi connectivity index (χ0v) is 68.4. The number of carbonyl (C=O) groups excluding carboxylic acids is 2. The number of anilines is 3. The van der Waals surface area contributed by atoms with Gasteiger partial charge in [0.25, 0.3) is 5.91 Å². The molecule has 1 fully saturated rings. The summed E-state index contributed by atoms with van der Waals surface area (Å²) in [6, 6.07) is 80.5. The van der Waals surface area contributed by atoms with Gasteiger partial charge in [0.15, 0.2) is 27.7 Å². The van der Waals surface area contributed by atoms with Crippen molar-refractivity contribution >= 4 is 139 Å².